The summed E-state index contributed by atoms with van der Waals surface area (Å²) in [7, 11) is 1.77. The number of anilines is 3. The van der Waals surface area contributed by atoms with Crippen LogP contribution in [0.1, 0.15) is 38.9 Å². The van der Waals surface area contributed by atoms with E-state index < -0.39 is 11.9 Å². The van der Waals surface area contributed by atoms with Gasteiger partial charge in [-0.05, 0) is 37.3 Å². The Morgan fingerprint density at radius 3 is 2.76 bits per heavy atom. The number of halogens is 1. The van der Waals surface area contributed by atoms with E-state index in [2.05, 4.69) is 15.7 Å². The van der Waals surface area contributed by atoms with Crippen LogP contribution in [0.25, 0.3) is 0 Å². The normalized spacial score (nSPS) is 16.8. The van der Waals surface area contributed by atoms with Crippen molar-refractivity contribution in [3.8, 4) is 6.07 Å². The van der Waals surface area contributed by atoms with Gasteiger partial charge in [-0.3, -0.25) is 14.4 Å². The summed E-state index contributed by atoms with van der Waals surface area (Å²) in [6.45, 7) is 2.48. The standard InChI is InChI=1S/C21H17FN6O/c1-11-18-19(26-27(11)2)21(29)28(13-4-6-16-17(8-13)25-10-24-16)20(18)14-5-3-12(9-23)7-15(14)22/h3-8,20,24-25H,10H2,1-2H3. The fourth-order valence-electron chi connectivity index (χ4n) is 4.07. The molecule has 8 heteroatoms. The fourth-order valence-corrected chi connectivity index (χ4v) is 4.07. The van der Waals surface area contributed by atoms with Crippen LogP contribution >= 0.6 is 0 Å². The lowest BCUT2D eigenvalue weighted by molar-refractivity contribution is 0.0988. The first-order valence-electron chi connectivity index (χ1n) is 9.18. The van der Waals surface area contributed by atoms with Crippen molar-refractivity contribution in [1.82, 2.24) is 9.78 Å². The third-order valence-electron chi connectivity index (χ3n) is 5.60. The molecule has 7 nitrogen and oxygen atoms in total. The van der Waals surface area contributed by atoms with Crippen molar-refractivity contribution in [2.45, 2.75) is 13.0 Å². The summed E-state index contributed by atoms with van der Waals surface area (Å²) < 4.78 is 16.7. The Hall–Kier alpha value is -3.86. The number of nitrogens with zero attached hydrogens (tertiary/aromatic N) is 4. The Bertz CT molecular complexity index is 1220. The van der Waals surface area contributed by atoms with Gasteiger partial charge in [-0.2, -0.15) is 10.4 Å². The zero-order valence-corrected chi connectivity index (χ0v) is 15.8. The molecule has 1 aromatic heterocycles. The summed E-state index contributed by atoms with van der Waals surface area (Å²) in [6.07, 6.45) is 0. The Balaban J connectivity index is 1.72. The van der Waals surface area contributed by atoms with Gasteiger partial charge < -0.3 is 10.6 Å². The van der Waals surface area contributed by atoms with Gasteiger partial charge >= 0.3 is 0 Å². The van der Waals surface area contributed by atoms with Crippen LogP contribution in [-0.2, 0) is 7.05 Å². The zero-order chi connectivity index (χ0) is 20.3. The minimum Gasteiger partial charge on any atom is -0.366 e. The third-order valence-corrected chi connectivity index (χ3v) is 5.60. The monoisotopic (exact) mass is 388 g/mol. The first-order chi connectivity index (χ1) is 14.0. The van der Waals surface area contributed by atoms with Crippen LogP contribution in [0, 0.1) is 24.1 Å². The predicted octanol–water partition coefficient (Wildman–Crippen LogP) is 3.28. The molecule has 3 heterocycles. The highest BCUT2D eigenvalue weighted by molar-refractivity contribution is 6.11. The molecule has 0 saturated heterocycles. The van der Waals surface area contributed by atoms with Crippen molar-refractivity contribution < 1.29 is 9.18 Å². The number of carbonyl (C=O) groups is 1. The Kier molecular flexibility index (Phi) is 3.61. The first kappa shape index (κ1) is 17.3. The molecule has 2 aliphatic rings. The van der Waals surface area contributed by atoms with Crippen LogP contribution < -0.4 is 15.5 Å². The van der Waals surface area contributed by atoms with Crippen LogP contribution in [0.5, 0.6) is 0 Å². The van der Waals surface area contributed by atoms with Gasteiger partial charge in [0.25, 0.3) is 5.91 Å². The predicted molar refractivity (Wildman–Crippen MR) is 106 cm³/mol. The average molecular weight is 388 g/mol. The van der Waals surface area contributed by atoms with Gasteiger partial charge in [0, 0.05) is 29.6 Å². The second kappa shape index (κ2) is 6.07. The zero-order valence-electron chi connectivity index (χ0n) is 15.8. The number of nitriles is 1. The maximum atomic E-state index is 15.0. The molecule has 2 N–H and O–H groups in total. The molecule has 1 amide bonds. The molecule has 1 atom stereocenters. The molecule has 2 aliphatic heterocycles. The summed E-state index contributed by atoms with van der Waals surface area (Å²) >= 11 is 0. The Morgan fingerprint density at radius 2 is 2.00 bits per heavy atom. The highest BCUT2D eigenvalue weighted by atomic mass is 19.1. The van der Waals surface area contributed by atoms with E-state index in [-0.39, 0.29) is 11.5 Å². The second-order valence-corrected chi connectivity index (χ2v) is 7.16. The number of hydrogen-bond acceptors (Lipinski definition) is 5. The van der Waals surface area contributed by atoms with Gasteiger partial charge in [-0.25, -0.2) is 4.39 Å². The fraction of sp³-hybridized carbons (Fsp3) is 0.190. The molecule has 144 valence electrons. The van der Waals surface area contributed by atoms with Crippen molar-refractivity contribution in [2.24, 2.45) is 7.05 Å². The molecule has 29 heavy (non-hydrogen) atoms. The number of hydrogen-bond donors (Lipinski definition) is 2. The van der Waals surface area contributed by atoms with E-state index in [1.165, 1.54) is 6.07 Å². The summed E-state index contributed by atoms with van der Waals surface area (Å²) in [6, 6.07) is 11.3. The summed E-state index contributed by atoms with van der Waals surface area (Å²) in [5.41, 5.74) is 4.87. The molecule has 5 rings (SSSR count). The lowest BCUT2D eigenvalue weighted by Gasteiger charge is -2.27. The SMILES string of the molecule is Cc1c2c(nn1C)C(=O)N(c1ccc3c(c1)NCN3)C2c1ccc(C#N)cc1F. The summed E-state index contributed by atoms with van der Waals surface area (Å²) in [5.74, 6) is -0.799. The third kappa shape index (κ3) is 2.41. The molecule has 0 spiro atoms. The average Bonchev–Trinajstić information content (AvgIpc) is 3.37. The van der Waals surface area contributed by atoms with Crippen LogP contribution in [0.15, 0.2) is 36.4 Å². The van der Waals surface area contributed by atoms with Crippen molar-refractivity contribution in [1.29, 1.82) is 5.26 Å². The number of rotatable bonds is 2. The van der Waals surface area contributed by atoms with Gasteiger partial charge in [0.05, 0.1) is 35.7 Å². The summed E-state index contributed by atoms with van der Waals surface area (Å²) in [4.78, 5) is 14.9. The second-order valence-electron chi connectivity index (χ2n) is 7.16. The number of nitrogens with one attached hydrogen (secondary N) is 2. The maximum Gasteiger partial charge on any atom is 0.280 e. The van der Waals surface area contributed by atoms with Crippen molar-refractivity contribution >= 4 is 23.0 Å². The molecule has 0 aliphatic carbocycles. The molecule has 3 aromatic rings. The van der Waals surface area contributed by atoms with Gasteiger partial charge in [0.1, 0.15) is 5.82 Å². The smallest absolute Gasteiger partial charge is 0.280 e. The van der Waals surface area contributed by atoms with E-state index in [0.717, 1.165) is 17.1 Å². The number of aromatic nitrogens is 2. The van der Waals surface area contributed by atoms with E-state index in [1.54, 1.807) is 28.8 Å². The van der Waals surface area contributed by atoms with Crippen LogP contribution in [0.2, 0.25) is 0 Å². The van der Waals surface area contributed by atoms with Gasteiger partial charge in [-0.15, -0.1) is 0 Å². The van der Waals surface area contributed by atoms with Gasteiger partial charge in [0.2, 0.25) is 0 Å². The minimum absolute atomic E-state index is 0.234. The quantitative estimate of drug-likeness (QED) is 0.704. The molecule has 0 bridgehead atoms. The Morgan fingerprint density at radius 1 is 1.21 bits per heavy atom. The first-order valence-corrected chi connectivity index (χ1v) is 9.18. The topological polar surface area (TPSA) is 86.0 Å². The highest BCUT2D eigenvalue weighted by Crippen LogP contribution is 2.45. The van der Waals surface area contributed by atoms with Crippen molar-refractivity contribution in [2.75, 3.05) is 22.2 Å². The lowest BCUT2D eigenvalue weighted by Crippen LogP contribution is -2.30. The number of fused-ring (bicyclic) bond motifs is 2. The molecule has 0 radical (unpaired) electrons. The number of carbonyl (C=O) groups excluding carboxylic acids is 1. The van der Waals surface area contributed by atoms with E-state index in [4.69, 9.17) is 5.26 Å². The van der Waals surface area contributed by atoms with Crippen molar-refractivity contribution in [3.05, 3.63) is 70.3 Å². The van der Waals surface area contributed by atoms with Crippen LogP contribution in [0.4, 0.5) is 21.5 Å². The van der Waals surface area contributed by atoms with Gasteiger partial charge in [0.15, 0.2) is 5.69 Å². The van der Waals surface area contributed by atoms with Gasteiger partial charge in [-0.1, -0.05) is 6.07 Å². The molecule has 1 unspecified atom stereocenters. The number of amides is 1. The minimum atomic E-state index is -0.661. The van der Waals surface area contributed by atoms with E-state index in [1.807, 2.05) is 31.2 Å². The highest BCUT2D eigenvalue weighted by Gasteiger charge is 2.44. The van der Waals surface area contributed by atoms with Crippen molar-refractivity contribution in [3.63, 3.8) is 0 Å². The molecule has 2 aromatic carbocycles. The number of aryl methyl sites for hydroxylation is 1. The molecule has 0 fully saturated rings. The summed E-state index contributed by atoms with van der Waals surface area (Å²) in [5, 5.41) is 19.9. The molecular weight excluding hydrogens is 371 g/mol. The van der Waals surface area contributed by atoms with E-state index in [9.17, 15) is 4.79 Å². The van der Waals surface area contributed by atoms with E-state index >= 15 is 4.39 Å². The largest absolute Gasteiger partial charge is 0.366 e. The van der Waals surface area contributed by atoms with E-state index in [0.29, 0.717) is 29.2 Å². The Labute approximate surface area is 166 Å². The van der Waals surface area contributed by atoms with Crippen LogP contribution in [0.3, 0.4) is 0 Å². The molecule has 0 saturated carbocycles. The molecular formula is C21H17FN6O. The van der Waals surface area contributed by atoms with Crippen LogP contribution in [-0.4, -0.2) is 22.4 Å². The lowest BCUT2D eigenvalue weighted by atomic mass is 9.97. The maximum absolute atomic E-state index is 15.0. The number of benzene rings is 2.